The van der Waals surface area contributed by atoms with Crippen LogP contribution in [0.5, 0.6) is 0 Å². The number of Topliss-reactive ketones (excluding diaryl/α,β-unsaturated/α-hetero) is 1. The SMILES string of the molecule is CC(C)(C)OC(=O)N1CC(=O)[C@H]2C[C@H]21. The zero-order chi connectivity index (χ0) is 10.5. The van der Waals surface area contributed by atoms with Gasteiger partial charge in [0.1, 0.15) is 5.60 Å². The summed E-state index contributed by atoms with van der Waals surface area (Å²) in [6.07, 6.45) is 0.480. The summed E-state index contributed by atoms with van der Waals surface area (Å²) in [7, 11) is 0. The predicted molar refractivity (Wildman–Crippen MR) is 49.8 cm³/mol. The molecule has 1 amide bonds. The molecule has 4 nitrogen and oxygen atoms in total. The minimum Gasteiger partial charge on any atom is -0.444 e. The van der Waals surface area contributed by atoms with Crippen molar-refractivity contribution in [1.29, 1.82) is 0 Å². The number of ether oxygens (including phenoxy) is 1. The zero-order valence-electron chi connectivity index (χ0n) is 8.74. The van der Waals surface area contributed by atoms with Crippen LogP contribution in [0.3, 0.4) is 0 Å². The van der Waals surface area contributed by atoms with Gasteiger partial charge in [0.2, 0.25) is 0 Å². The molecule has 0 aromatic carbocycles. The van der Waals surface area contributed by atoms with Gasteiger partial charge in [-0.15, -0.1) is 0 Å². The van der Waals surface area contributed by atoms with Gasteiger partial charge < -0.3 is 4.74 Å². The Kier molecular flexibility index (Phi) is 1.84. The van der Waals surface area contributed by atoms with Crippen LogP contribution in [0.4, 0.5) is 4.79 Å². The number of amides is 1. The van der Waals surface area contributed by atoms with E-state index in [0.29, 0.717) is 0 Å². The average Bonchev–Trinajstić information content (AvgIpc) is 2.69. The Bertz CT molecular complexity index is 292. The van der Waals surface area contributed by atoms with Gasteiger partial charge in [-0.25, -0.2) is 4.79 Å². The number of piperidine rings is 1. The molecular formula is C10H15NO3. The molecule has 2 atom stereocenters. The van der Waals surface area contributed by atoms with Crippen molar-refractivity contribution < 1.29 is 14.3 Å². The number of nitrogens with zero attached hydrogens (tertiary/aromatic N) is 1. The lowest BCUT2D eigenvalue weighted by Crippen LogP contribution is -2.37. The highest BCUT2D eigenvalue weighted by molar-refractivity contribution is 5.93. The lowest BCUT2D eigenvalue weighted by atomic mass is 10.2. The second-order valence-electron chi connectivity index (χ2n) is 4.98. The fourth-order valence-electron chi connectivity index (χ4n) is 1.79. The van der Waals surface area contributed by atoms with Crippen LogP contribution in [0, 0.1) is 5.92 Å². The molecule has 1 aliphatic carbocycles. The molecule has 4 heteroatoms. The van der Waals surface area contributed by atoms with Crippen molar-refractivity contribution in [3.8, 4) is 0 Å². The molecule has 0 spiro atoms. The van der Waals surface area contributed by atoms with Crippen LogP contribution >= 0.6 is 0 Å². The predicted octanol–water partition coefficient (Wildman–Crippen LogP) is 1.19. The minimum atomic E-state index is -0.479. The Hall–Kier alpha value is -1.06. The Labute approximate surface area is 83.2 Å². The third-order valence-corrected chi connectivity index (χ3v) is 2.52. The van der Waals surface area contributed by atoms with Crippen molar-refractivity contribution in [2.45, 2.75) is 38.8 Å². The topological polar surface area (TPSA) is 46.6 Å². The standard InChI is InChI=1S/C10H15NO3/c1-10(2,3)14-9(13)11-5-8(12)6-4-7(6)11/h6-7H,4-5H2,1-3H3/t6-,7+/m0/s1. The highest BCUT2D eigenvalue weighted by Crippen LogP contribution is 2.42. The highest BCUT2D eigenvalue weighted by Gasteiger charge is 2.55. The first-order valence-electron chi connectivity index (χ1n) is 4.91. The van der Waals surface area contributed by atoms with Crippen LogP contribution in [0.2, 0.25) is 0 Å². The van der Waals surface area contributed by atoms with Crippen LogP contribution in [0.25, 0.3) is 0 Å². The van der Waals surface area contributed by atoms with Gasteiger partial charge in [0.25, 0.3) is 0 Å². The summed E-state index contributed by atoms with van der Waals surface area (Å²) in [4.78, 5) is 24.4. The van der Waals surface area contributed by atoms with Crippen molar-refractivity contribution in [3.05, 3.63) is 0 Å². The maximum Gasteiger partial charge on any atom is 0.410 e. The number of rotatable bonds is 0. The van der Waals surface area contributed by atoms with E-state index in [1.165, 1.54) is 0 Å². The third-order valence-electron chi connectivity index (χ3n) is 2.52. The molecule has 0 N–H and O–H groups in total. The van der Waals surface area contributed by atoms with Gasteiger partial charge in [-0.1, -0.05) is 0 Å². The molecule has 2 rings (SSSR count). The van der Waals surface area contributed by atoms with Crippen LogP contribution in [-0.2, 0) is 9.53 Å². The first-order valence-corrected chi connectivity index (χ1v) is 4.91. The molecule has 1 aliphatic heterocycles. The lowest BCUT2D eigenvalue weighted by Gasteiger charge is -2.24. The van der Waals surface area contributed by atoms with Gasteiger partial charge in [-0.3, -0.25) is 9.69 Å². The fraction of sp³-hybridized carbons (Fsp3) is 0.800. The number of hydrogen-bond acceptors (Lipinski definition) is 3. The summed E-state index contributed by atoms with van der Waals surface area (Å²) < 4.78 is 5.20. The minimum absolute atomic E-state index is 0.113. The second kappa shape index (κ2) is 2.72. The van der Waals surface area contributed by atoms with Gasteiger partial charge in [-0.2, -0.15) is 0 Å². The molecule has 1 heterocycles. The molecular weight excluding hydrogens is 182 g/mol. The van der Waals surface area contributed by atoms with Crippen molar-refractivity contribution in [3.63, 3.8) is 0 Å². The highest BCUT2D eigenvalue weighted by atomic mass is 16.6. The molecule has 0 aromatic heterocycles. The van der Waals surface area contributed by atoms with Gasteiger partial charge >= 0.3 is 6.09 Å². The zero-order valence-corrected chi connectivity index (χ0v) is 8.74. The lowest BCUT2D eigenvalue weighted by molar-refractivity contribution is -0.118. The van der Waals surface area contributed by atoms with Crippen LogP contribution in [0.15, 0.2) is 0 Å². The molecule has 0 bridgehead atoms. The summed E-state index contributed by atoms with van der Waals surface area (Å²) >= 11 is 0. The normalized spacial score (nSPS) is 30.2. The number of carbonyl (C=O) groups excluding carboxylic acids is 2. The summed E-state index contributed by atoms with van der Waals surface area (Å²) in [6.45, 7) is 5.72. The Morgan fingerprint density at radius 3 is 2.50 bits per heavy atom. The van der Waals surface area contributed by atoms with Gasteiger partial charge in [0.15, 0.2) is 5.78 Å². The number of likely N-dealkylation sites (tertiary alicyclic amines) is 1. The van der Waals surface area contributed by atoms with E-state index in [9.17, 15) is 9.59 Å². The largest absolute Gasteiger partial charge is 0.444 e. The van der Waals surface area contributed by atoms with E-state index in [2.05, 4.69) is 0 Å². The second-order valence-corrected chi connectivity index (χ2v) is 4.98. The average molecular weight is 197 g/mol. The van der Waals surface area contributed by atoms with Crippen molar-refractivity contribution in [2.75, 3.05) is 6.54 Å². The molecule has 1 saturated heterocycles. The fourth-order valence-corrected chi connectivity index (χ4v) is 1.79. The molecule has 0 aromatic rings. The number of hydrogen-bond donors (Lipinski definition) is 0. The number of ketones is 1. The van der Waals surface area contributed by atoms with Crippen molar-refractivity contribution in [2.24, 2.45) is 5.92 Å². The Morgan fingerprint density at radius 2 is 2.14 bits per heavy atom. The van der Waals surface area contributed by atoms with Crippen LogP contribution in [-0.4, -0.2) is 35.0 Å². The quantitative estimate of drug-likeness (QED) is 0.586. The molecule has 0 unspecified atom stereocenters. The van der Waals surface area contributed by atoms with Crippen LogP contribution in [0.1, 0.15) is 27.2 Å². The summed E-state index contributed by atoms with van der Waals surface area (Å²) in [5, 5.41) is 0. The van der Waals surface area contributed by atoms with E-state index in [1.807, 2.05) is 20.8 Å². The maximum absolute atomic E-state index is 11.6. The van der Waals surface area contributed by atoms with Gasteiger partial charge in [0.05, 0.1) is 6.54 Å². The summed E-state index contributed by atoms with van der Waals surface area (Å²) in [5.74, 6) is 0.295. The van der Waals surface area contributed by atoms with Crippen molar-refractivity contribution >= 4 is 11.9 Å². The van der Waals surface area contributed by atoms with E-state index in [-0.39, 0.29) is 30.4 Å². The molecule has 1 saturated carbocycles. The first kappa shape index (κ1) is 9.49. The first-order chi connectivity index (χ1) is 6.38. The Morgan fingerprint density at radius 1 is 1.50 bits per heavy atom. The molecule has 0 radical (unpaired) electrons. The van der Waals surface area contributed by atoms with E-state index in [0.717, 1.165) is 6.42 Å². The smallest absolute Gasteiger partial charge is 0.410 e. The summed E-state index contributed by atoms with van der Waals surface area (Å²) in [5.41, 5.74) is -0.479. The van der Waals surface area contributed by atoms with E-state index in [1.54, 1.807) is 4.90 Å². The third kappa shape index (κ3) is 1.61. The van der Waals surface area contributed by atoms with Crippen LogP contribution < -0.4 is 0 Å². The maximum atomic E-state index is 11.6. The molecule has 2 aliphatic rings. The summed E-state index contributed by atoms with van der Waals surface area (Å²) in [6, 6.07) is 0.136. The Balaban J connectivity index is 1.97. The molecule has 14 heavy (non-hydrogen) atoms. The van der Waals surface area contributed by atoms with Gasteiger partial charge in [0, 0.05) is 12.0 Å². The number of carbonyl (C=O) groups is 2. The molecule has 2 fully saturated rings. The monoisotopic (exact) mass is 197 g/mol. The molecule has 78 valence electrons. The van der Waals surface area contributed by atoms with Crippen molar-refractivity contribution in [1.82, 2.24) is 4.90 Å². The van der Waals surface area contributed by atoms with E-state index < -0.39 is 5.60 Å². The number of fused-ring (bicyclic) bond motifs is 1. The van der Waals surface area contributed by atoms with E-state index in [4.69, 9.17) is 4.74 Å². The van der Waals surface area contributed by atoms with E-state index >= 15 is 0 Å². The van der Waals surface area contributed by atoms with Gasteiger partial charge in [-0.05, 0) is 27.2 Å².